The van der Waals surface area contributed by atoms with Gasteiger partial charge in [0.1, 0.15) is 18.9 Å². The molecule has 0 aromatic heterocycles. The van der Waals surface area contributed by atoms with Crippen LogP contribution in [-0.4, -0.2) is 50.1 Å². The lowest BCUT2D eigenvalue weighted by molar-refractivity contribution is -0.144. The first-order valence-corrected chi connectivity index (χ1v) is 6.14. The van der Waals surface area contributed by atoms with Crippen molar-refractivity contribution in [3.63, 3.8) is 0 Å². The summed E-state index contributed by atoms with van der Waals surface area (Å²) >= 11 is 5.71. The number of benzene rings is 1. The zero-order valence-corrected chi connectivity index (χ0v) is 12.1. The van der Waals surface area contributed by atoms with E-state index in [4.69, 9.17) is 11.6 Å². The van der Waals surface area contributed by atoms with Gasteiger partial charge in [-0.25, -0.2) is 4.39 Å². The molecule has 114 valence electrons. The predicted molar refractivity (Wildman–Crippen MR) is 71.3 cm³/mol. The van der Waals surface area contributed by atoms with Crippen molar-refractivity contribution in [2.24, 2.45) is 0 Å². The summed E-state index contributed by atoms with van der Waals surface area (Å²) in [5.41, 5.74) is -0.352. The molecule has 0 bridgehead atoms. The molecule has 0 radical (unpaired) electrons. The fraction of sp³-hybridized carbons (Fsp3) is 0.308. The van der Waals surface area contributed by atoms with Crippen LogP contribution in [0.5, 0.6) is 0 Å². The second-order valence-electron chi connectivity index (χ2n) is 3.94. The zero-order valence-electron chi connectivity index (χ0n) is 11.4. The highest BCUT2D eigenvalue weighted by Gasteiger charge is 2.24. The maximum absolute atomic E-state index is 13.7. The lowest BCUT2D eigenvalue weighted by atomic mass is 10.2. The Morgan fingerprint density at radius 3 is 2.14 bits per heavy atom. The Morgan fingerprint density at radius 1 is 1.14 bits per heavy atom. The fourth-order valence-corrected chi connectivity index (χ4v) is 1.64. The van der Waals surface area contributed by atoms with Gasteiger partial charge < -0.3 is 14.4 Å². The third-order valence-corrected chi connectivity index (χ3v) is 2.78. The smallest absolute Gasteiger partial charge is 0.325 e. The molecule has 0 saturated heterocycles. The van der Waals surface area contributed by atoms with E-state index in [1.54, 1.807) is 0 Å². The van der Waals surface area contributed by atoms with Crippen molar-refractivity contribution in [2.45, 2.75) is 0 Å². The quantitative estimate of drug-likeness (QED) is 0.765. The number of hydrogen-bond acceptors (Lipinski definition) is 5. The molecule has 1 aromatic rings. The topological polar surface area (TPSA) is 72.9 Å². The Balaban J connectivity index is 3.05. The standard InChI is InChI=1S/C13H13ClFNO5/c1-20-11(17)6-16(7-12(18)21-2)13(19)9-5-8(14)3-4-10(9)15/h3-5H,6-7H2,1-2H3. The molecule has 0 unspecified atom stereocenters. The highest BCUT2D eigenvalue weighted by atomic mass is 35.5. The maximum atomic E-state index is 13.7. The predicted octanol–water partition coefficient (Wildman–Crippen LogP) is 1.27. The number of nitrogens with zero attached hydrogens (tertiary/aromatic N) is 1. The molecule has 1 rings (SSSR count). The van der Waals surface area contributed by atoms with Gasteiger partial charge >= 0.3 is 11.9 Å². The van der Waals surface area contributed by atoms with E-state index in [1.807, 2.05) is 0 Å². The summed E-state index contributed by atoms with van der Waals surface area (Å²) in [4.78, 5) is 35.6. The van der Waals surface area contributed by atoms with Crippen molar-refractivity contribution in [1.82, 2.24) is 4.90 Å². The summed E-state index contributed by atoms with van der Waals surface area (Å²) in [6, 6.07) is 3.41. The molecule has 1 amide bonds. The van der Waals surface area contributed by atoms with Gasteiger partial charge in [0.2, 0.25) is 0 Å². The molecule has 1 aromatic carbocycles. The number of ether oxygens (including phenoxy) is 2. The summed E-state index contributed by atoms with van der Waals surface area (Å²) in [5, 5.41) is 0.149. The Hall–Kier alpha value is -2.15. The number of esters is 2. The number of amides is 1. The van der Waals surface area contributed by atoms with E-state index in [1.165, 1.54) is 6.07 Å². The Kier molecular flexibility index (Phi) is 6.10. The Morgan fingerprint density at radius 2 is 1.67 bits per heavy atom. The van der Waals surface area contributed by atoms with Crippen molar-refractivity contribution >= 4 is 29.4 Å². The summed E-state index contributed by atoms with van der Waals surface area (Å²) in [5.74, 6) is -3.20. The van der Waals surface area contributed by atoms with Crippen molar-refractivity contribution in [3.8, 4) is 0 Å². The molecule has 21 heavy (non-hydrogen) atoms. The first kappa shape index (κ1) is 16.9. The molecule has 0 aliphatic carbocycles. The summed E-state index contributed by atoms with van der Waals surface area (Å²) < 4.78 is 22.5. The lowest BCUT2D eigenvalue weighted by Crippen LogP contribution is -2.40. The summed E-state index contributed by atoms with van der Waals surface area (Å²) in [6.07, 6.45) is 0. The van der Waals surface area contributed by atoms with Gasteiger partial charge in [-0.3, -0.25) is 14.4 Å². The van der Waals surface area contributed by atoms with Gasteiger partial charge in [0.25, 0.3) is 5.91 Å². The average Bonchev–Trinajstić information content (AvgIpc) is 2.47. The van der Waals surface area contributed by atoms with Crippen LogP contribution < -0.4 is 0 Å². The zero-order chi connectivity index (χ0) is 16.0. The minimum Gasteiger partial charge on any atom is -0.468 e. The van der Waals surface area contributed by atoms with Crippen LogP contribution in [0.1, 0.15) is 10.4 Å². The van der Waals surface area contributed by atoms with Gasteiger partial charge in [-0.15, -0.1) is 0 Å². The van der Waals surface area contributed by atoms with Gasteiger partial charge in [0.15, 0.2) is 0 Å². The molecule has 0 atom stereocenters. The molecule has 0 spiro atoms. The second kappa shape index (κ2) is 7.58. The molecule has 0 saturated carbocycles. The number of carbonyl (C=O) groups is 3. The molecule has 0 fully saturated rings. The number of carbonyl (C=O) groups excluding carboxylic acids is 3. The number of rotatable bonds is 5. The molecular weight excluding hydrogens is 305 g/mol. The number of hydrogen-bond donors (Lipinski definition) is 0. The third-order valence-electron chi connectivity index (χ3n) is 2.54. The molecular formula is C13H13ClFNO5. The van der Waals surface area contributed by atoms with Gasteiger partial charge in [-0.2, -0.15) is 0 Å². The van der Waals surface area contributed by atoms with E-state index in [0.29, 0.717) is 0 Å². The SMILES string of the molecule is COC(=O)CN(CC(=O)OC)C(=O)c1cc(Cl)ccc1F. The molecule has 8 heteroatoms. The molecule has 0 N–H and O–H groups in total. The second-order valence-corrected chi connectivity index (χ2v) is 4.37. The van der Waals surface area contributed by atoms with Gasteiger partial charge in [0.05, 0.1) is 19.8 Å². The highest BCUT2D eigenvalue weighted by Crippen LogP contribution is 2.17. The Labute approximate surface area is 125 Å². The molecule has 0 aliphatic rings. The van der Waals surface area contributed by atoms with Crippen LogP contribution in [0.15, 0.2) is 18.2 Å². The van der Waals surface area contributed by atoms with E-state index >= 15 is 0 Å². The van der Waals surface area contributed by atoms with E-state index in [9.17, 15) is 18.8 Å². The number of methoxy groups -OCH3 is 2. The molecule has 0 heterocycles. The van der Waals surface area contributed by atoms with Crippen LogP contribution >= 0.6 is 11.6 Å². The van der Waals surface area contributed by atoms with Gasteiger partial charge in [-0.05, 0) is 18.2 Å². The van der Waals surface area contributed by atoms with Crippen LogP contribution in [0.2, 0.25) is 5.02 Å². The normalized spacial score (nSPS) is 9.90. The van der Waals surface area contributed by atoms with Crippen LogP contribution in [0.25, 0.3) is 0 Å². The fourth-order valence-electron chi connectivity index (χ4n) is 1.47. The largest absolute Gasteiger partial charge is 0.468 e. The van der Waals surface area contributed by atoms with Gasteiger partial charge in [-0.1, -0.05) is 11.6 Å². The first-order valence-electron chi connectivity index (χ1n) is 5.77. The molecule has 0 aliphatic heterocycles. The number of halogens is 2. The van der Waals surface area contributed by atoms with E-state index in [0.717, 1.165) is 31.3 Å². The molecule has 6 nitrogen and oxygen atoms in total. The van der Waals surface area contributed by atoms with Crippen molar-refractivity contribution in [3.05, 3.63) is 34.6 Å². The summed E-state index contributed by atoms with van der Waals surface area (Å²) in [7, 11) is 2.26. The minimum atomic E-state index is -0.870. The van der Waals surface area contributed by atoms with Crippen LogP contribution in [0, 0.1) is 5.82 Å². The van der Waals surface area contributed by atoms with E-state index < -0.39 is 36.8 Å². The van der Waals surface area contributed by atoms with Crippen LogP contribution in [-0.2, 0) is 19.1 Å². The first-order chi connectivity index (χ1) is 9.88. The van der Waals surface area contributed by atoms with Crippen molar-refractivity contribution in [1.29, 1.82) is 0 Å². The maximum Gasteiger partial charge on any atom is 0.325 e. The van der Waals surface area contributed by atoms with Crippen LogP contribution in [0.4, 0.5) is 4.39 Å². The summed E-state index contributed by atoms with van der Waals surface area (Å²) in [6.45, 7) is -1.03. The average molecular weight is 318 g/mol. The van der Waals surface area contributed by atoms with Crippen molar-refractivity contribution in [2.75, 3.05) is 27.3 Å². The van der Waals surface area contributed by atoms with Crippen molar-refractivity contribution < 1.29 is 28.2 Å². The lowest BCUT2D eigenvalue weighted by Gasteiger charge is -2.20. The third kappa shape index (κ3) is 4.71. The highest BCUT2D eigenvalue weighted by molar-refractivity contribution is 6.31. The van der Waals surface area contributed by atoms with E-state index in [-0.39, 0.29) is 10.6 Å². The van der Waals surface area contributed by atoms with Gasteiger partial charge in [0, 0.05) is 5.02 Å². The Bertz CT molecular complexity index is 545. The monoisotopic (exact) mass is 317 g/mol. The van der Waals surface area contributed by atoms with Crippen LogP contribution in [0.3, 0.4) is 0 Å². The minimum absolute atomic E-state index is 0.149. The van der Waals surface area contributed by atoms with E-state index in [2.05, 4.69) is 9.47 Å².